The van der Waals surface area contributed by atoms with E-state index in [1.807, 2.05) is 44.2 Å². The molecule has 0 aliphatic carbocycles. The Bertz CT molecular complexity index is 1030. The number of nitrogens with zero attached hydrogens (tertiary/aromatic N) is 4. The van der Waals surface area contributed by atoms with Crippen molar-refractivity contribution in [2.75, 3.05) is 5.32 Å². The molecule has 3 aromatic heterocycles. The molecule has 3 heterocycles. The van der Waals surface area contributed by atoms with Gasteiger partial charge >= 0.3 is 0 Å². The third kappa shape index (κ3) is 2.99. The maximum Gasteiger partial charge on any atom is 0.263 e. The van der Waals surface area contributed by atoms with Crippen LogP contribution in [-0.2, 0) is 0 Å². The number of aromatic nitrogens is 4. The minimum Gasteiger partial charge on any atom is -0.455 e. The minimum atomic E-state index is 0.461. The lowest BCUT2D eigenvalue weighted by Gasteiger charge is -2.11. The molecule has 7 heteroatoms. The maximum absolute atomic E-state index is 5.85. The van der Waals surface area contributed by atoms with Gasteiger partial charge < -0.3 is 14.6 Å². The van der Waals surface area contributed by atoms with E-state index in [2.05, 4.69) is 25.4 Å². The summed E-state index contributed by atoms with van der Waals surface area (Å²) >= 11 is 0. The highest BCUT2D eigenvalue weighted by molar-refractivity contribution is 5.89. The molecule has 25 heavy (non-hydrogen) atoms. The summed E-state index contributed by atoms with van der Waals surface area (Å²) in [6.07, 6.45) is 4.84. The van der Waals surface area contributed by atoms with E-state index in [0.717, 1.165) is 28.1 Å². The average molecular weight is 333 g/mol. The fraction of sp³-hybridized carbons (Fsp3) is 0.111. The number of hydrogen-bond donors (Lipinski definition) is 1. The van der Waals surface area contributed by atoms with Crippen molar-refractivity contribution in [3.63, 3.8) is 0 Å². The van der Waals surface area contributed by atoms with Gasteiger partial charge in [0, 0.05) is 11.9 Å². The van der Waals surface area contributed by atoms with Crippen molar-refractivity contribution in [1.29, 1.82) is 0 Å². The Morgan fingerprint density at radius 1 is 1.12 bits per heavy atom. The Morgan fingerprint density at radius 2 is 2.04 bits per heavy atom. The molecule has 0 aliphatic rings. The number of ether oxygens (including phenoxy) is 1. The smallest absolute Gasteiger partial charge is 0.263 e. The first kappa shape index (κ1) is 15.1. The zero-order valence-electron chi connectivity index (χ0n) is 13.7. The lowest BCUT2D eigenvalue weighted by molar-refractivity contribution is 0.442. The number of anilines is 2. The van der Waals surface area contributed by atoms with Crippen molar-refractivity contribution in [2.45, 2.75) is 13.8 Å². The molecule has 1 N–H and O–H groups in total. The van der Waals surface area contributed by atoms with Gasteiger partial charge in [-0.2, -0.15) is 4.98 Å². The molecule has 0 aliphatic heterocycles. The predicted octanol–water partition coefficient (Wildman–Crippen LogP) is 4.17. The number of fused-ring (bicyclic) bond motifs is 1. The molecule has 0 radical (unpaired) electrons. The van der Waals surface area contributed by atoms with Crippen LogP contribution < -0.4 is 10.1 Å². The summed E-state index contributed by atoms with van der Waals surface area (Å²) < 4.78 is 11.0. The number of nitrogens with one attached hydrogen (secondary N) is 1. The van der Waals surface area contributed by atoms with Gasteiger partial charge in [0.15, 0.2) is 0 Å². The van der Waals surface area contributed by atoms with E-state index in [-0.39, 0.29) is 0 Å². The van der Waals surface area contributed by atoms with Crippen LogP contribution in [-0.4, -0.2) is 20.1 Å². The van der Waals surface area contributed by atoms with E-state index in [1.54, 1.807) is 12.4 Å². The third-order valence-electron chi connectivity index (χ3n) is 3.74. The molecule has 0 atom stereocenters. The van der Waals surface area contributed by atoms with Gasteiger partial charge in [0.25, 0.3) is 5.71 Å². The number of aryl methyl sites for hydroxylation is 2. The van der Waals surface area contributed by atoms with Crippen LogP contribution in [0.2, 0.25) is 0 Å². The number of hydrogen-bond acceptors (Lipinski definition) is 7. The van der Waals surface area contributed by atoms with E-state index in [4.69, 9.17) is 9.26 Å². The average Bonchev–Trinajstić information content (AvgIpc) is 3.01. The molecule has 7 nitrogen and oxygen atoms in total. The number of benzene rings is 1. The fourth-order valence-corrected chi connectivity index (χ4v) is 2.53. The Kier molecular flexibility index (Phi) is 3.74. The molecule has 0 fully saturated rings. The molecule has 4 aromatic rings. The van der Waals surface area contributed by atoms with Crippen molar-refractivity contribution in [3.8, 4) is 11.5 Å². The molecule has 1 aromatic carbocycles. The van der Waals surface area contributed by atoms with E-state index in [9.17, 15) is 0 Å². The largest absolute Gasteiger partial charge is 0.455 e. The van der Waals surface area contributed by atoms with Crippen LogP contribution in [0.5, 0.6) is 11.5 Å². The second-order valence-corrected chi connectivity index (χ2v) is 5.57. The zero-order valence-corrected chi connectivity index (χ0v) is 13.7. The summed E-state index contributed by atoms with van der Waals surface area (Å²) in [6.45, 7) is 3.84. The van der Waals surface area contributed by atoms with Crippen LogP contribution in [0.1, 0.15) is 11.3 Å². The summed E-state index contributed by atoms with van der Waals surface area (Å²) in [7, 11) is 0. The molecular weight excluding hydrogens is 318 g/mol. The number of pyridine rings is 1. The minimum absolute atomic E-state index is 0.461. The normalized spacial score (nSPS) is 10.8. The molecule has 4 rings (SSSR count). The quantitative estimate of drug-likeness (QED) is 0.600. The molecule has 0 unspecified atom stereocenters. The Labute approximate surface area is 143 Å². The van der Waals surface area contributed by atoms with Gasteiger partial charge in [-0.3, -0.25) is 4.98 Å². The summed E-state index contributed by atoms with van der Waals surface area (Å²) in [6, 6.07) is 9.52. The Hall–Kier alpha value is -3.48. The molecule has 0 saturated heterocycles. The first-order chi connectivity index (χ1) is 12.2. The topological polar surface area (TPSA) is 86.0 Å². The first-order valence-electron chi connectivity index (χ1n) is 7.73. The molecule has 0 bridgehead atoms. The standard InChI is InChI=1S/C18H15N5O2/c1-11-8-13(5-6-15(11)24-14-4-3-7-19-9-14)22-17-16-12(2)23-25-18(16)21-10-20-17/h3-10H,1-2H3,(H,20,21,22). The van der Waals surface area contributed by atoms with Gasteiger partial charge in [-0.1, -0.05) is 5.16 Å². The van der Waals surface area contributed by atoms with Crippen LogP contribution in [0, 0.1) is 13.8 Å². The first-order valence-corrected chi connectivity index (χ1v) is 7.73. The van der Waals surface area contributed by atoms with Crippen molar-refractivity contribution in [3.05, 3.63) is 60.3 Å². The summed E-state index contributed by atoms with van der Waals surface area (Å²) in [5.74, 6) is 2.13. The molecule has 124 valence electrons. The van der Waals surface area contributed by atoms with Crippen molar-refractivity contribution in [2.24, 2.45) is 0 Å². The molecule has 0 saturated carbocycles. The fourth-order valence-electron chi connectivity index (χ4n) is 2.53. The maximum atomic E-state index is 5.85. The van der Waals surface area contributed by atoms with Gasteiger partial charge in [-0.15, -0.1) is 0 Å². The number of rotatable bonds is 4. The molecule has 0 amide bonds. The van der Waals surface area contributed by atoms with Crippen LogP contribution in [0.15, 0.2) is 53.6 Å². The lowest BCUT2D eigenvalue weighted by Crippen LogP contribution is -1.97. The highest BCUT2D eigenvalue weighted by atomic mass is 16.5. The van der Waals surface area contributed by atoms with Gasteiger partial charge in [-0.25, -0.2) is 4.98 Å². The van der Waals surface area contributed by atoms with Gasteiger partial charge in [0.2, 0.25) is 0 Å². The molecule has 0 spiro atoms. The summed E-state index contributed by atoms with van der Waals surface area (Å²) in [5.41, 5.74) is 3.08. The van der Waals surface area contributed by atoms with Crippen molar-refractivity contribution < 1.29 is 9.26 Å². The van der Waals surface area contributed by atoms with E-state index in [1.165, 1.54) is 6.33 Å². The van der Waals surface area contributed by atoms with E-state index < -0.39 is 0 Å². The van der Waals surface area contributed by atoms with Crippen LogP contribution in [0.25, 0.3) is 11.1 Å². The van der Waals surface area contributed by atoms with E-state index in [0.29, 0.717) is 17.3 Å². The monoisotopic (exact) mass is 333 g/mol. The second kappa shape index (κ2) is 6.20. The van der Waals surface area contributed by atoms with Gasteiger partial charge in [0.1, 0.15) is 29.0 Å². The second-order valence-electron chi connectivity index (χ2n) is 5.57. The van der Waals surface area contributed by atoms with Crippen LogP contribution in [0.4, 0.5) is 11.5 Å². The third-order valence-corrected chi connectivity index (χ3v) is 3.74. The highest BCUT2D eigenvalue weighted by Gasteiger charge is 2.12. The Balaban J connectivity index is 1.61. The lowest BCUT2D eigenvalue weighted by atomic mass is 10.2. The van der Waals surface area contributed by atoms with E-state index >= 15 is 0 Å². The zero-order chi connectivity index (χ0) is 17.2. The Morgan fingerprint density at radius 3 is 2.84 bits per heavy atom. The molecular formula is C18H15N5O2. The van der Waals surface area contributed by atoms with Gasteiger partial charge in [0.05, 0.1) is 11.9 Å². The van der Waals surface area contributed by atoms with Crippen LogP contribution in [0.3, 0.4) is 0 Å². The van der Waals surface area contributed by atoms with Gasteiger partial charge in [-0.05, 0) is 49.7 Å². The SMILES string of the molecule is Cc1cc(Nc2ncnc3onc(C)c23)ccc1Oc1cccnc1. The van der Waals surface area contributed by atoms with Crippen molar-refractivity contribution >= 4 is 22.6 Å². The highest BCUT2D eigenvalue weighted by Crippen LogP contribution is 2.30. The predicted molar refractivity (Wildman–Crippen MR) is 93.1 cm³/mol. The summed E-state index contributed by atoms with van der Waals surface area (Å²) in [5, 5.41) is 7.99. The van der Waals surface area contributed by atoms with Crippen molar-refractivity contribution in [1.82, 2.24) is 20.1 Å². The van der Waals surface area contributed by atoms with Crippen LogP contribution >= 0.6 is 0 Å². The summed E-state index contributed by atoms with van der Waals surface area (Å²) in [4.78, 5) is 12.4.